The number of amides is 1. The van der Waals surface area contributed by atoms with Crippen LogP contribution in [0.4, 0.5) is 0 Å². The molecule has 1 saturated carbocycles. The van der Waals surface area contributed by atoms with Gasteiger partial charge in [-0.15, -0.1) is 0 Å². The zero-order valence-electron chi connectivity index (χ0n) is 38.7. The number of aliphatic hydroxyl groups excluding tert-OH is 3. The minimum atomic E-state index is -2.47. The predicted octanol–water partition coefficient (Wildman–Crippen LogP) is 5.69. The number of phenolic OH excluding ortho intramolecular Hbond substituents is 1. The second kappa shape index (κ2) is 16.4. The molecule has 1 saturated heterocycles. The molecule has 5 heterocycles. The second-order valence-corrected chi connectivity index (χ2v) is 20.3. The number of rotatable bonds is 5. The van der Waals surface area contributed by atoms with E-state index in [0.29, 0.717) is 41.5 Å². The van der Waals surface area contributed by atoms with Gasteiger partial charge in [-0.2, -0.15) is 4.99 Å². The Morgan fingerprint density at radius 1 is 1.06 bits per heavy atom. The quantitative estimate of drug-likeness (QED) is 0.155. The van der Waals surface area contributed by atoms with E-state index in [-0.39, 0.29) is 78.8 Å². The lowest BCUT2D eigenvalue weighted by atomic mass is 9.69. The normalized spacial score (nSPS) is 31.1. The molecule has 13 rings (SSSR count). The van der Waals surface area contributed by atoms with Gasteiger partial charge in [0.2, 0.25) is 6.29 Å². The molecule has 358 valence electrons. The van der Waals surface area contributed by atoms with Gasteiger partial charge >= 0.3 is 0 Å². The molecule has 5 N–H and O–H groups in total. The first-order valence-corrected chi connectivity index (χ1v) is 24.6. The van der Waals surface area contributed by atoms with Crippen LogP contribution in [-0.2, 0) is 33.6 Å². The number of Topliss-reactive ketones (excluding diaryl/α,β-unsaturated/α-hetero) is 1. The Morgan fingerprint density at radius 3 is 2.79 bits per heavy atom. The van der Waals surface area contributed by atoms with Crippen LogP contribution in [0.3, 0.4) is 0 Å². The van der Waals surface area contributed by atoms with Gasteiger partial charge in [-0.3, -0.25) is 9.59 Å². The lowest BCUT2D eigenvalue weighted by Crippen LogP contribution is -2.70. The first-order chi connectivity index (χ1) is 34.1. The smallest absolute Gasteiger partial charge is 0.254 e. The number of benzene rings is 3. The molecule has 9 unspecified atom stereocenters. The van der Waals surface area contributed by atoms with E-state index in [2.05, 4.69) is 30.6 Å². The number of hydrogen-bond acceptors (Lipinski definition) is 13. The van der Waals surface area contributed by atoms with Crippen molar-refractivity contribution in [3.63, 3.8) is 0 Å². The molecule has 8 bridgehead atoms. The van der Waals surface area contributed by atoms with E-state index in [1.807, 2.05) is 12.1 Å². The lowest BCUT2D eigenvalue weighted by Gasteiger charge is -2.47. The molecular formula is C56H53N2O12+. The summed E-state index contributed by atoms with van der Waals surface area (Å²) in [5.74, 6) is 2.69. The largest absolute Gasteiger partial charge is 0.506 e. The van der Waals surface area contributed by atoms with E-state index >= 15 is 4.79 Å². The van der Waals surface area contributed by atoms with Crippen LogP contribution in [0.1, 0.15) is 105 Å². The van der Waals surface area contributed by atoms with Crippen molar-refractivity contribution in [2.75, 3.05) is 33.5 Å². The summed E-state index contributed by atoms with van der Waals surface area (Å²) in [7, 11) is 1.57. The maximum absolute atomic E-state index is 15.4. The van der Waals surface area contributed by atoms with E-state index in [0.717, 1.165) is 82.3 Å². The monoisotopic (exact) mass is 945 g/mol. The molecule has 3 aromatic rings. The number of phenols is 1. The zero-order valence-corrected chi connectivity index (χ0v) is 38.7. The fraction of sp³-hybridized carbons (Fsp3) is 0.429. The number of methoxy groups -OCH3 is 1. The average molecular weight is 946 g/mol. The summed E-state index contributed by atoms with van der Waals surface area (Å²) >= 11 is 0. The van der Waals surface area contributed by atoms with Crippen LogP contribution in [-0.4, -0.2) is 118 Å². The SMILES string of the molecule is COc1c2c3c4c(O)c(c5c6c4c1CCC6=CC1CCCC51)C(=O)CN1Cc4c(cccc4C1=O)CC#COC1C(O)C(COC(C4=C5[CH+]C6=C(C=C5N=C4)CCC6CCO)C=C2)OC(O3)C1(O)CO. The Bertz CT molecular complexity index is 3110. The van der Waals surface area contributed by atoms with Crippen LogP contribution in [0, 0.1) is 30.3 Å². The minimum absolute atomic E-state index is 0.000870. The molecule has 1 amide bonds. The summed E-state index contributed by atoms with van der Waals surface area (Å²) in [4.78, 5) is 35.9. The van der Waals surface area contributed by atoms with Crippen LogP contribution in [0.5, 0.6) is 17.2 Å². The second-order valence-electron chi connectivity index (χ2n) is 20.3. The highest BCUT2D eigenvalue weighted by Gasteiger charge is 2.59. The number of carbonyl (C=O) groups is 2. The Hall–Kier alpha value is -6.18. The molecule has 10 aliphatic rings. The lowest BCUT2D eigenvalue weighted by molar-refractivity contribution is -0.327. The third kappa shape index (κ3) is 6.35. The number of hydrogen-bond donors (Lipinski definition) is 5. The average Bonchev–Trinajstić information content (AvgIpc) is 4.17. The van der Waals surface area contributed by atoms with Gasteiger partial charge in [-0.05, 0) is 96.4 Å². The van der Waals surface area contributed by atoms with Crippen molar-refractivity contribution in [1.82, 2.24) is 4.90 Å². The molecule has 5 aliphatic carbocycles. The minimum Gasteiger partial charge on any atom is -0.506 e. The van der Waals surface area contributed by atoms with Gasteiger partial charge in [-0.25, -0.2) is 0 Å². The predicted molar refractivity (Wildman–Crippen MR) is 256 cm³/mol. The molecule has 0 spiro atoms. The fourth-order valence-corrected chi connectivity index (χ4v) is 13.4. The molecular weight excluding hydrogens is 893 g/mol. The number of fused-ring (bicyclic) bond motifs is 8. The molecule has 2 fully saturated rings. The highest BCUT2D eigenvalue weighted by atomic mass is 16.7. The van der Waals surface area contributed by atoms with E-state index in [1.165, 1.54) is 16.0 Å². The Kier molecular flexibility index (Phi) is 10.3. The molecule has 0 aromatic heterocycles. The van der Waals surface area contributed by atoms with Gasteiger partial charge in [0.1, 0.15) is 47.2 Å². The van der Waals surface area contributed by atoms with Crippen LogP contribution in [0.15, 0.2) is 69.4 Å². The Balaban J connectivity index is 1.07. The Labute approximate surface area is 404 Å². The standard InChI is InChI=1S/C56H52N2O12/c1-66-51-34-13-12-31-19-29-6-3-8-32(29)45-44(31)46(34)48-50(63)47(45)41(61)24-58-23-39-27(5-2-9-33(39)54(58)64)7-4-18-67-53-49(62)43-25-68-42(15-14-35(51)52(48)70-55(69-43)56(53,65)26-60)38-22-57-40-20-30-11-10-28(16-17-59)36(30)21-37(38)40/h2,5,9,14-15,19-22,28-29,32,42-43,49,53,55,59-60,62,65H,3,6-8,10-13,16-17,23-26H2,1H3/p+1. The molecule has 14 heteroatoms. The fourth-order valence-electron chi connectivity index (χ4n) is 13.4. The first-order valence-electron chi connectivity index (χ1n) is 24.6. The maximum atomic E-state index is 15.4. The molecule has 70 heavy (non-hydrogen) atoms. The van der Waals surface area contributed by atoms with Crippen molar-refractivity contribution in [2.45, 2.75) is 107 Å². The highest BCUT2D eigenvalue weighted by Crippen LogP contribution is 2.60. The number of aliphatic hydroxyl groups is 4. The van der Waals surface area contributed by atoms with Gasteiger partial charge in [0.05, 0.1) is 61.2 Å². The van der Waals surface area contributed by atoms with E-state index in [4.69, 9.17) is 28.7 Å². The number of carbonyl (C=O) groups excluding carboxylic acids is 2. The van der Waals surface area contributed by atoms with Crippen molar-refractivity contribution in [1.29, 1.82) is 0 Å². The maximum Gasteiger partial charge on any atom is 0.254 e. The summed E-state index contributed by atoms with van der Waals surface area (Å²) in [6, 6.07) is 5.36. The van der Waals surface area contributed by atoms with Crippen molar-refractivity contribution >= 4 is 40.3 Å². The van der Waals surface area contributed by atoms with Crippen LogP contribution < -0.4 is 9.47 Å². The van der Waals surface area contributed by atoms with Crippen LogP contribution in [0.25, 0.3) is 22.4 Å². The summed E-state index contributed by atoms with van der Waals surface area (Å²) < 4.78 is 32.8. The van der Waals surface area contributed by atoms with Gasteiger partial charge < -0.3 is 54.1 Å². The molecule has 14 nitrogen and oxygen atoms in total. The number of ether oxygens (including phenoxy) is 5. The Morgan fingerprint density at radius 2 is 1.94 bits per heavy atom. The van der Waals surface area contributed by atoms with Crippen molar-refractivity contribution in [2.24, 2.45) is 16.8 Å². The number of aryl methyl sites for hydroxylation is 1. The highest BCUT2D eigenvalue weighted by molar-refractivity contribution is 6.17. The topological polar surface area (TPSA) is 197 Å². The van der Waals surface area contributed by atoms with E-state index in [1.54, 1.807) is 31.5 Å². The summed E-state index contributed by atoms with van der Waals surface area (Å²) in [6.07, 6.45) is 14.1. The number of nitrogens with zero attached hydrogens (tertiary/aromatic N) is 2. The van der Waals surface area contributed by atoms with Crippen molar-refractivity contribution < 1.29 is 58.8 Å². The number of aliphatic imine (C=N–C) groups is 1. The third-order valence-corrected chi connectivity index (χ3v) is 16.8. The van der Waals surface area contributed by atoms with E-state index < -0.39 is 48.7 Å². The zero-order chi connectivity index (χ0) is 47.7. The third-order valence-electron chi connectivity index (χ3n) is 16.8. The number of allylic oxidation sites excluding steroid dienone is 6. The van der Waals surface area contributed by atoms with Crippen molar-refractivity contribution in [3.05, 3.63) is 115 Å². The summed E-state index contributed by atoms with van der Waals surface area (Å²) in [5, 5.41) is 60.1. The van der Waals surface area contributed by atoms with Crippen LogP contribution in [0.2, 0.25) is 0 Å². The van der Waals surface area contributed by atoms with Crippen molar-refractivity contribution in [3.8, 4) is 29.3 Å². The molecule has 3 aromatic carbocycles. The molecule has 9 atom stereocenters. The van der Waals surface area contributed by atoms with Crippen LogP contribution >= 0.6 is 0 Å². The van der Waals surface area contributed by atoms with Gasteiger partial charge in [-0.1, -0.05) is 30.6 Å². The first kappa shape index (κ1) is 43.8. The number of aromatic hydroxyl groups is 1. The summed E-state index contributed by atoms with van der Waals surface area (Å²) in [5.41, 5.74) is 8.16. The molecule has 5 aliphatic heterocycles. The van der Waals surface area contributed by atoms with Gasteiger partial charge in [0.25, 0.3) is 5.91 Å². The van der Waals surface area contributed by atoms with E-state index in [9.17, 15) is 30.3 Å². The summed E-state index contributed by atoms with van der Waals surface area (Å²) in [6.45, 7) is -1.31. The number of ketones is 1. The van der Waals surface area contributed by atoms with Gasteiger partial charge in [0.15, 0.2) is 23.2 Å². The molecule has 0 radical (unpaired) electrons. The van der Waals surface area contributed by atoms with Gasteiger partial charge in [0, 0.05) is 66.0 Å².